The monoisotopic (exact) mass is 707 g/mol. The van der Waals surface area contributed by atoms with Gasteiger partial charge in [-0.2, -0.15) is 0 Å². The highest BCUT2D eigenvalue weighted by Gasteiger charge is 2.30. The highest BCUT2D eigenvalue weighted by molar-refractivity contribution is 5.79. The zero-order chi connectivity index (χ0) is 36.9. The first kappa shape index (κ1) is 43.7. The van der Waals surface area contributed by atoms with Crippen molar-refractivity contribution in [2.24, 2.45) is 0 Å². The molecular weight excluding hydrogens is 629 g/mol. The van der Waals surface area contributed by atoms with Gasteiger partial charge in [-0.15, -0.1) is 0 Å². The molecule has 0 atom stereocenters. The predicted octanol–water partition coefficient (Wildman–Crippen LogP) is 16.7. The van der Waals surface area contributed by atoms with Gasteiger partial charge in [0.2, 0.25) is 11.4 Å². The van der Waals surface area contributed by atoms with Crippen LogP contribution in [0, 0.1) is 0 Å². The Bertz CT molecular complexity index is 1330. The van der Waals surface area contributed by atoms with E-state index >= 15 is 0 Å². The normalized spacial score (nSPS) is 13.2. The molecule has 0 fully saturated rings. The summed E-state index contributed by atoms with van der Waals surface area (Å²) in [4.78, 5) is 0. The van der Waals surface area contributed by atoms with Gasteiger partial charge < -0.3 is 5.53 Å². The van der Waals surface area contributed by atoms with Crippen molar-refractivity contribution in [2.75, 3.05) is 0 Å². The lowest BCUT2D eigenvalue weighted by molar-refractivity contribution is -0.344. The van der Waals surface area contributed by atoms with E-state index in [1.54, 1.807) is 0 Å². The topological polar surface area (TPSA) is 25.3 Å². The maximum absolute atomic E-state index is 11.7. The van der Waals surface area contributed by atoms with E-state index in [0.717, 1.165) is 55.5 Å². The third kappa shape index (κ3) is 17.4. The first-order chi connectivity index (χ1) is 25.7. The molecule has 2 aromatic carbocycles. The minimum absolute atomic E-state index is 0.906. The molecule has 0 aromatic heterocycles. The summed E-state index contributed by atoms with van der Waals surface area (Å²) < 4.78 is 1.48. The average molecular weight is 707 g/mol. The summed E-state index contributed by atoms with van der Waals surface area (Å²) in [6.07, 6.45) is 45.6. The molecule has 1 aliphatic rings. The van der Waals surface area contributed by atoms with Gasteiger partial charge in [0, 0.05) is 22.8 Å². The zero-order valence-electron chi connectivity index (χ0n) is 34.3. The number of hydrogen-bond donors (Lipinski definition) is 0. The first-order valence-electron chi connectivity index (χ1n) is 22.5. The molecule has 0 aliphatic carbocycles. The SMILES string of the molecule is CCCCCCCCCCCCCCCCCCCCCCC=CCCc1ccccc1C1=C(CCCC)C=C(c2cccc(CCCC)c2)[N+]1=[N-]. The molecule has 1 aliphatic heterocycles. The molecule has 0 unspecified atom stereocenters. The Morgan fingerprint density at radius 2 is 1.02 bits per heavy atom. The highest BCUT2D eigenvalue weighted by atomic mass is 15.2. The van der Waals surface area contributed by atoms with E-state index < -0.39 is 0 Å². The lowest BCUT2D eigenvalue weighted by Crippen LogP contribution is -2.05. The maximum Gasteiger partial charge on any atom is 0.211 e. The van der Waals surface area contributed by atoms with Gasteiger partial charge in [0.05, 0.1) is 0 Å². The Morgan fingerprint density at radius 3 is 1.62 bits per heavy atom. The molecule has 0 saturated carbocycles. The molecular formula is C50H78N2. The van der Waals surface area contributed by atoms with E-state index in [-0.39, 0.29) is 0 Å². The van der Waals surface area contributed by atoms with Crippen LogP contribution in [0.5, 0.6) is 0 Å². The molecule has 52 heavy (non-hydrogen) atoms. The second-order valence-electron chi connectivity index (χ2n) is 15.8. The van der Waals surface area contributed by atoms with E-state index in [1.165, 1.54) is 175 Å². The van der Waals surface area contributed by atoms with E-state index in [0.29, 0.717) is 0 Å². The van der Waals surface area contributed by atoms with Crippen molar-refractivity contribution in [2.45, 2.75) is 207 Å². The van der Waals surface area contributed by atoms with E-state index in [9.17, 15) is 5.53 Å². The molecule has 0 bridgehead atoms. The number of hydrogen-bond acceptors (Lipinski definition) is 0. The average Bonchev–Trinajstić information content (AvgIpc) is 3.50. The van der Waals surface area contributed by atoms with Crippen LogP contribution in [0.4, 0.5) is 0 Å². The van der Waals surface area contributed by atoms with Gasteiger partial charge >= 0.3 is 0 Å². The van der Waals surface area contributed by atoms with Crippen LogP contribution < -0.4 is 0 Å². The number of rotatable bonds is 32. The van der Waals surface area contributed by atoms with E-state index in [1.807, 2.05) is 0 Å². The lowest BCUT2D eigenvalue weighted by atomic mass is 9.96. The molecule has 0 N–H and O–H groups in total. The summed E-state index contributed by atoms with van der Waals surface area (Å²) in [5, 5.41) is 0. The fourth-order valence-corrected chi connectivity index (χ4v) is 7.83. The summed E-state index contributed by atoms with van der Waals surface area (Å²) in [5.41, 5.74) is 19.7. The van der Waals surface area contributed by atoms with Crippen LogP contribution in [-0.2, 0) is 12.8 Å². The molecule has 0 spiro atoms. The van der Waals surface area contributed by atoms with Crippen molar-refractivity contribution in [3.05, 3.63) is 100 Å². The maximum atomic E-state index is 11.7. The van der Waals surface area contributed by atoms with Gasteiger partial charge in [0.25, 0.3) is 0 Å². The summed E-state index contributed by atoms with van der Waals surface area (Å²) in [7, 11) is 0. The van der Waals surface area contributed by atoms with Crippen LogP contribution >= 0.6 is 0 Å². The van der Waals surface area contributed by atoms with Crippen molar-refractivity contribution in [3.63, 3.8) is 0 Å². The van der Waals surface area contributed by atoms with Crippen molar-refractivity contribution < 1.29 is 4.70 Å². The zero-order valence-corrected chi connectivity index (χ0v) is 34.3. The van der Waals surface area contributed by atoms with Crippen molar-refractivity contribution in [3.8, 4) is 0 Å². The number of aryl methyl sites for hydroxylation is 2. The third-order valence-electron chi connectivity index (χ3n) is 11.1. The minimum atomic E-state index is 0.906. The van der Waals surface area contributed by atoms with Crippen molar-refractivity contribution in [1.29, 1.82) is 0 Å². The molecule has 0 saturated heterocycles. The predicted molar refractivity (Wildman–Crippen MR) is 230 cm³/mol. The Balaban J connectivity index is 1.28. The van der Waals surface area contributed by atoms with Gasteiger partial charge in [-0.05, 0) is 80.7 Å². The summed E-state index contributed by atoms with van der Waals surface area (Å²) in [6.45, 7) is 6.79. The molecule has 3 rings (SSSR count). The molecule has 0 amide bonds. The molecule has 0 radical (unpaired) electrons. The molecule has 2 aromatic rings. The highest BCUT2D eigenvalue weighted by Crippen LogP contribution is 2.39. The van der Waals surface area contributed by atoms with Crippen molar-refractivity contribution >= 4 is 11.4 Å². The fourth-order valence-electron chi connectivity index (χ4n) is 7.83. The Kier molecular flexibility index (Phi) is 24.1. The number of benzene rings is 2. The second-order valence-corrected chi connectivity index (χ2v) is 15.8. The van der Waals surface area contributed by atoms with Gasteiger partial charge in [-0.25, -0.2) is 4.70 Å². The number of unbranched alkanes of at least 4 members (excludes halogenated alkanes) is 22. The smallest absolute Gasteiger partial charge is 0.211 e. The van der Waals surface area contributed by atoms with Crippen LogP contribution in [0.2, 0.25) is 0 Å². The molecule has 288 valence electrons. The summed E-state index contributed by atoms with van der Waals surface area (Å²) in [5.74, 6) is 0. The van der Waals surface area contributed by atoms with Gasteiger partial charge in [0.15, 0.2) is 0 Å². The van der Waals surface area contributed by atoms with E-state index in [2.05, 4.69) is 87.5 Å². The first-order valence-corrected chi connectivity index (χ1v) is 22.5. The van der Waals surface area contributed by atoms with Crippen molar-refractivity contribution in [1.82, 2.24) is 0 Å². The number of allylic oxidation sites excluding steroid dienone is 4. The van der Waals surface area contributed by atoms with Crippen LogP contribution in [0.1, 0.15) is 216 Å². The largest absolute Gasteiger partial charge is 0.493 e. The van der Waals surface area contributed by atoms with Crippen LogP contribution in [0.25, 0.3) is 16.9 Å². The fraction of sp³-hybridized carbons (Fsp3) is 0.640. The lowest BCUT2D eigenvalue weighted by Gasteiger charge is -2.13. The third-order valence-corrected chi connectivity index (χ3v) is 11.1. The quantitative estimate of drug-likeness (QED) is 0.0411. The van der Waals surface area contributed by atoms with Crippen LogP contribution in [0.3, 0.4) is 0 Å². The summed E-state index contributed by atoms with van der Waals surface area (Å²) in [6, 6.07) is 17.5. The van der Waals surface area contributed by atoms with Crippen LogP contribution in [0.15, 0.2) is 72.3 Å². The molecule has 2 heteroatoms. The molecule has 2 nitrogen and oxygen atoms in total. The molecule has 1 heterocycles. The Morgan fingerprint density at radius 1 is 0.500 bits per heavy atom. The van der Waals surface area contributed by atoms with Gasteiger partial charge in [0.1, 0.15) is 0 Å². The van der Waals surface area contributed by atoms with Crippen LogP contribution in [-0.4, -0.2) is 4.70 Å². The minimum Gasteiger partial charge on any atom is -0.493 e. The Labute approximate surface area is 322 Å². The van der Waals surface area contributed by atoms with Gasteiger partial charge in [-0.3, -0.25) is 0 Å². The summed E-state index contributed by atoms with van der Waals surface area (Å²) >= 11 is 0. The Hall–Kier alpha value is -2.74. The number of nitrogens with zero attached hydrogens (tertiary/aromatic N) is 2. The van der Waals surface area contributed by atoms with Gasteiger partial charge in [-0.1, -0.05) is 198 Å². The second kappa shape index (κ2) is 28.7. The van der Waals surface area contributed by atoms with E-state index in [4.69, 9.17) is 0 Å². The standard InChI is InChI=1S/C50H78N2/c1-4-7-10-11-12-13-14-15-16-17-18-19-20-21-22-23-24-25-26-27-28-29-30-31-38-45-39-32-33-41-48(45)50-47(37-9-6-3)43-49(52(50)51)46-40-34-36-44(42-46)35-8-5-2/h29-30,32-34,36,39-43H,4-28,31,35,37-38H2,1-3H3.